The average molecular weight is 283 g/mol. The monoisotopic (exact) mass is 283 g/mol. The van der Waals surface area contributed by atoms with Crippen molar-refractivity contribution < 1.29 is 5.11 Å². The van der Waals surface area contributed by atoms with Gasteiger partial charge in [0.25, 0.3) is 0 Å². The maximum atomic E-state index is 9.71. The molecule has 0 spiro atoms. The molecule has 21 heavy (non-hydrogen) atoms. The van der Waals surface area contributed by atoms with Gasteiger partial charge in [-0.25, -0.2) is 0 Å². The fourth-order valence-corrected chi connectivity index (χ4v) is 2.52. The molecule has 0 bridgehead atoms. The van der Waals surface area contributed by atoms with Gasteiger partial charge in [0.2, 0.25) is 0 Å². The van der Waals surface area contributed by atoms with E-state index < -0.39 is 0 Å². The highest BCUT2D eigenvalue weighted by molar-refractivity contribution is 5.23. The standard InChI is InChI=1S/C19H25NO/c1-19(16-21,18-13-6-3-7-14-18)20-15-9-8-12-17-10-4-2-5-11-17/h2-7,10-11,13-14,20-21H,8-9,12,15-16H2,1H3. The lowest BCUT2D eigenvalue weighted by Gasteiger charge is -2.29. The van der Waals surface area contributed by atoms with Crippen LogP contribution in [0.15, 0.2) is 60.7 Å². The molecule has 0 aromatic heterocycles. The van der Waals surface area contributed by atoms with E-state index in [0.717, 1.165) is 31.4 Å². The quantitative estimate of drug-likeness (QED) is 0.727. The minimum Gasteiger partial charge on any atom is -0.394 e. The number of aryl methyl sites for hydroxylation is 1. The Morgan fingerprint density at radius 3 is 2.14 bits per heavy atom. The van der Waals surface area contributed by atoms with Crippen molar-refractivity contribution >= 4 is 0 Å². The van der Waals surface area contributed by atoms with E-state index in [1.807, 2.05) is 18.2 Å². The van der Waals surface area contributed by atoms with Gasteiger partial charge in [-0.2, -0.15) is 0 Å². The number of hydrogen-bond acceptors (Lipinski definition) is 2. The third kappa shape index (κ3) is 4.69. The van der Waals surface area contributed by atoms with Gasteiger partial charge in [-0.3, -0.25) is 0 Å². The molecule has 1 unspecified atom stereocenters. The van der Waals surface area contributed by atoms with Crippen molar-refractivity contribution in [3.8, 4) is 0 Å². The zero-order valence-corrected chi connectivity index (χ0v) is 12.8. The summed E-state index contributed by atoms with van der Waals surface area (Å²) in [6, 6.07) is 20.7. The third-order valence-corrected chi connectivity index (χ3v) is 3.98. The smallest absolute Gasteiger partial charge is 0.0652 e. The van der Waals surface area contributed by atoms with Crippen LogP contribution in [0.4, 0.5) is 0 Å². The van der Waals surface area contributed by atoms with Crippen molar-refractivity contribution in [1.82, 2.24) is 5.32 Å². The minimum absolute atomic E-state index is 0.107. The first-order chi connectivity index (χ1) is 10.2. The van der Waals surface area contributed by atoms with Crippen LogP contribution in [0.2, 0.25) is 0 Å². The Bertz CT molecular complexity index is 512. The summed E-state index contributed by atoms with van der Waals surface area (Å²) in [6.07, 6.45) is 3.38. The van der Waals surface area contributed by atoms with Gasteiger partial charge in [-0.1, -0.05) is 60.7 Å². The van der Waals surface area contributed by atoms with Crippen molar-refractivity contribution in [2.75, 3.05) is 13.2 Å². The number of aliphatic hydroxyl groups is 1. The Balaban J connectivity index is 1.76. The van der Waals surface area contributed by atoms with Crippen molar-refractivity contribution in [3.05, 3.63) is 71.8 Å². The van der Waals surface area contributed by atoms with Crippen LogP contribution >= 0.6 is 0 Å². The number of rotatable bonds is 8. The fraction of sp³-hybridized carbons (Fsp3) is 0.368. The topological polar surface area (TPSA) is 32.3 Å². The van der Waals surface area contributed by atoms with Gasteiger partial charge in [0, 0.05) is 0 Å². The molecule has 0 saturated carbocycles. The highest BCUT2D eigenvalue weighted by Crippen LogP contribution is 2.19. The van der Waals surface area contributed by atoms with Crippen LogP contribution in [0.3, 0.4) is 0 Å². The number of nitrogens with one attached hydrogen (secondary N) is 1. The highest BCUT2D eigenvalue weighted by atomic mass is 16.3. The van der Waals surface area contributed by atoms with E-state index in [4.69, 9.17) is 0 Å². The van der Waals surface area contributed by atoms with Gasteiger partial charge in [0.05, 0.1) is 12.1 Å². The van der Waals surface area contributed by atoms with Gasteiger partial charge in [-0.05, 0) is 43.9 Å². The Labute approximate surface area is 127 Å². The summed E-state index contributed by atoms with van der Waals surface area (Å²) >= 11 is 0. The second kappa shape index (κ2) is 7.96. The summed E-state index contributed by atoms with van der Waals surface area (Å²) in [7, 11) is 0. The maximum absolute atomic E-state index is 9.71. The molecule has 0 aliphatic rings. The Kier molecular flexibility index (Phi) is 5.97. The Morgan fingerprint density at radius 2 is 1.52 bits per heavy atom. The minimum atomic E-state index is -0.353. The molecule has 2 aromatic rings. The number of unbranched alkanes of at least 4 members (excludes halogenated alkanes) is 1. The molecule has 2 aromatic carbocycles. The lowest BCUT2D eigenvalue weighted by molar-refractivity contribution is 0.174. The van der Waals surface area contributed by atoms with Crippen molar-refractivity contribution in [3.63, 3.8) is 0 Å². The van der Waals surface area contributed by atoms with Crippen LogP contribution in [0.5, 0.6) is 0 Å². The second-order valence-electron chi connectivity index (χ2n) is 5.73. The maximum Gasteiger partial charge on any atom is 0.0652 e. The van der Waals surface area contributed by atoms with Crippen LogP contribution in [0, 0.1) is 0 Å². The largest absolute Gasteiger partial charge is 0.394 e. The highest BCUT2D eigenvalue weighted by Gasteiger charge is 2.24. The van der Waals surface area contributed by atoms with E-state index >= 15 is 0 Å². The molecule has 0 aliphatic carbocycles. The van der Waals surface area contributed by atoms with E-state index in [-0.39, 0.29) is 12.1 Å². The van der Waals surface area contributed by atoms with Crippen LogP contribution in [-0.2, 0) is 12.0 Å². The number of benzene rings is 2. The molecule has 0 aliphatic heterocycles. The van der Waals surface area contributed by atoms with Gasteiger partial charge < -0.3 is 10.4 Å². The molecule has 0 heterocycles. The molecule has 0 amide bonds. The summed E-state index contributed by atoms with van der Waals surface area (Å²) in [4.78, 5) is 0. The first kappa shape index (κ1) is 15.7. The van der Waals surface area contributed by atoms with E-state index in [1.54, 1.807) is 0 Å². The molecule has 1 atom stereocenters. The molecule has 2 heteroatoms. The normalized spacial score (nSPS) is 13.8. The van der Waals surface area contributed by atoms with Crippen LogP contribution in [0.1, 0.15) is 30.9 Å². The van der Waals surface area contributed by atoms with E-state index in [9.17, 15) is 5.11 Å². The average Bonchev–Trinajstić information content (AvgIpc) is 2.56. The van der Waals surface area contributed by atoms with Gasteiger partial charge in [0.15, 0.2) is 0 Å². The van der Waals surface area contributed by atoms with Gasteiger partial charge in [0.1, 0.15) is 0 Å². The summed E-state index contributed by atoms with van der Waals surface area (Å²) in [5.74, 6) is 0. The van der Waals surface area contributed by atoms with E-state index in [0.29, 0.717) is 0 Å². The lowest BCUT2D eigenvalue weighted by atomic mass is 9.92. The summed E-state index contributed by atoms with van der Waals surface area (Å²) in [5.41, 5.74) is 2.18. The molecule has 2 rings (SSSR count). The summed E-state index contributed by atoms with van der Waals surface area (Å²) in [6.45, 7) is 3.08. The SMILES string of the molecule is CC(CO)(NCCCCc1ccccc1)c1ccccc1. The predicted molar refractivity (Wildman–Crippen MR) is 88.3 cm³/mol. The molecule has 0 saturated heterocycles. The van der Waals surface area contributed by atoms with Gasteiger partial charge >= 0.3 is 0 Å². The molecule has 0 fully saturated rings. The zero-order valence-electron chi connectivity index (χ0n) is 12.8. The molecule has 112 valence electrons. The van der Waals surface area contributed by atoms with E-state index in [1.165, 1.54) is 5.56 Å². The molecule has 2 N–H and O–H groups in total. The van der Waals surface area contributed by atoms with Crippen LogP contribution in [-0.4, -0.2) is 18.3 Å². The number of aliphatic hydroxyl groups excluding tert-OH is 1. The first-order valence-electron chi connectivity index (χ1n) is 7.70. The summed E-state index contributed by atoms with van der Waals surface area (Å²) in [5, 5.41) is 13.2. The van der Waals surface area contributed by atoms with Crippen molar-refractivity contribution in [2.45, 2.75) is 31.7 Å². The molecule has 0 radical (unpaired) electrons. The van der Waals surface area contributed by atoms with Crippen molar-refractivity contribution in [2.24, 2.45) is 0 Å². The second-order valence-corrected chi connectivity index (χ2v) is 5.73. The van der Waals surface area contributed by atoms with Crippen LogP contribution in [0.25, 0.3) is 0 Å². The van der Waals surface area contributed by atoms with Gasteiger partial charge in [-0.15, -0.1) is 0 Å². The van der Waals surface area contributed by atoms with Crippen molar-refractivity contribution in [1.29, 1.82) is 0 Å². The Hall–Kier alpha value is -1.64. The van der Waals surface area contributed by atoms with Crippen LogP contribution < -0.4 is 5.32 Å². The lowest BCUT2D eigenvalue weighted by Crippen LogP contribution is -2.43. The molecule has 2 nitrogen and oxygen atoms in total. The molecular formula is C19H25NO. The Morgan fingerprint density at radius 1 is 0.905 bits per heavy atom. The molecular weight excluding hydrogens is 258 g/mol. The number of hydrogen-bond donors (Lipinski definition) is 2. The third-order valence-electron chi connectivity index (χ3n) is 3.98. The zero-order chi connectivity index (χ0) is 15.0. The fourth-order valence-electron chi connectivity index (χ4n) is 2.52. The van der Waals surface area contributed by atoms with E-state index in [2.05, 4.69) is 54.7 Å². The predicted octanol–water partition coefficient (Wildman–Crippen LogP) is 3.51. The first-order valence-corrected chi connectivity index (χ1v) is 7.70. The summed E-state index contributed by atoms with van der Waals surface area (Å²) < 4.78 is 0.